The van der Waals surface area contributed by atoms with Crippen LogP contribution in [0.15, 0.2) is 42.5 Å². The maximum atomic E-state index is 10.4. The van der Waals surface area contributed by atoms with Crippen molar-refractivity contribution in [3.05, 3.63) is 53.6 Å². The van der Waals surface area contributed by atoms with Crippen LogP contribution in [0.25, 0.3) is 5.57 Å². The van der Waals surface area contributed by atoms with Crippen LogP contribution in [0.3, 0.4) is 0 Å². The lowest BCUT2D eigenvalue weighted by atomic mass is 10.00. The lowest BCUT2D eigenvalue weighted by molar-refractivity contribution is -0.107. The average molecular weight is 312 g/mol. The van der Waals surface area contributed by atoms with Gasteiger partial charge in [-0.3, -0.25) is 0 Å². The molecular formula is C22H32O. The van der Waals surface area contributed by atoms with E-state index < -0.39 is 0 Å². The normalized spacial score (nSPS) is 12.0. The molecule has 0 radical (unpaired) electrons. The van der Waals surface area contributed by atoms with E-state index in [1.54, 1.807) is 0 Å². The molecule has 0 atom stereocenters. The molecule has 0 unspecified atom stereocenters. The summed E-state index contributed by atoms with van der Waals surface area (Å²) < 4.78 is 0. The number of allylic oxidation sites excluding steroid dienone is 4. The van der Waals surface area contributed by atoms with Gasteiger partial charge in [-0.25, -0.2) is 0 Å². The van der Waals surface area contributed by atoms with E-state index in [0.717, 1.165) is 6.29 Å². The molecule has 0 saturated carbocycles. The Morgan fingerprint density at radius 2 is 1.61 bits per heavy atom. The summed E-state index contributed by atoms with van der Waals surface area (Å²) >= 11 is 0. The molecule has 0 heterocycles. The molecule has 0 amide bonds. The number of hydrogen-bond acceptors (Lipinski definition) is 1. The summed E-state index contributed by atoms with van der Waals surface area (Å²) in [6, 6.07) is 8.86. The summed E-state index contributed by atoms with van der Waals surface area (Å²) in [5.74, 6) is 0. The Balaban J connectivity index is 2.36. The highest BCUT2D eigenvalue weighted by atomic mass is 16.1. The highest BCUT2D eigenvalue weighted by Gasteiger charge is 1.99. The molecule has 0 bridgehead atoms. The molecule has 0 aliphatic carbocycles. The molecule has 0 aromatic heterocycles. The van der Waals surface area contributed by atoms with Crippen molar-refractivity contribution < 1.29 is 4.79 Å². The number of carbonyl (C=O) groups is 1. The third-order valence-corrected chi connectivity index (χ3v) is 4.20. The monoisotopic (exact) mass is 312 g/mol. The number of benzene rings is 1. The smallest absolute Gasteiger partial charge is 0.123 e. The van der Waals surface area contributed by atoms with E-state index in [1.807, 2.05) is 19.1 Å². The second-order valence-corrected chi connectivity index (χ2v) is 6.12. The van der Waals surface area contributed by atoms with Gasteiger partial charge in [0.2, 0.25) is 0 Å². The first kappa shape index (κ1) is 19.4. The molecule has 0 saturated heterocycles. The first-order valence-corrected chi connectivity index (χ1v) is 9.17. The van der Waals surface area contributed by atoms with Crippen LogP contribution in [0.4, 0.5) is 0 Å². The maximum Gasteiger partial charge on any atom is 0.123 e. The van der Waals surface area contributed by atoms with Gasteiger partial charge in [0.1, 0.15) is 6.29 Å². The number of hydrogen-bond donors (Lipinski definition) is 0. The van der Waals surface area contributed by atoms with E-state index in [-0.39, 0.29) is 0 Å². The number of unbranched alkanes of at least 4 members (excludes halogenated alkanes) is 6. The topological polar surface area (TPSA) is 17.1 Å². The first-order valence-electron chi connectivity index (χ1n) is 9.17. The third kappa shape index (κ3) is 8.54. The molecule has 0 aliphatic rings. The first-order chi connectivity index (χ1) is 11.3. The van der Waals surface area contributed by atoms with Crippen LogP contribution in [0, 0.1) is 0 Å². The van der Waals surface area contributed by atoms with Crippen molar-refractivity contribution in [3.8, 4) is 0 Å². The quantitative estimate of drug-likeness (QED) is 0.244. The number of rotatable bonds is 12. The Bertz CT molecular complexity index is 479. The Morgan fingerprint density at radius 3 is 2.22 bits per heavy atom. The van der Waals surface area contributed by atoms with Crippen LogP contribution >= 0.6 is 0 Å². The summed E-state index contributed by atoms with van der Waals surface area (Å²) in [6.07, 6.45) is 18.1. The molecule has 23 heavy (non-hydrogen) atoms. The minimum atomic E-state index is 0.480. The molecule has 1 aromatic rings. The van der Waals surface area contributed by atoms with Gasteiger partial charge >= 0.3 is 0 Å². The molecule has 1 heteroatoms. The van der Waals surface area contributed by atoms with Gasteiger partial charge < -0.3 is 4.79 Å². The predicted molar refractivity (Wildman–Crippen MR) is 102 cm³/mol. The average Bonchev–Trinajstić information content (AvgIpc) is 2.59. The molecule has 126 valence electrons. The van der Waals surface area contributed by atoms with Crippen LogP contribution in [0.5, 0.6) is 0 Å². The number of carbonyl (C=O) groups excluding carboxylic acids is 1. The Morgan fingerprint density at radius 1 is 0.957 bits per heavy atom. The molecular weight excluding hydrogens is 280 g/mol. The van der Waals surface area contributed by atoms with Gasteiger partial charge in [-0.05, 0) is 36.5 Å². The van der Waals surface area contributed by atoms with Gasteiger partial charge in [-0.2, -0.15) is 0 Å². The fraction of sp³-hybridized carbons (Fsp3) is 0.500. The summed E-state index contributed by atoms with van der Waals surface area (Å²) in [7, 11) is 0. The van der Waals surface area contributed by atoms with Crippen molar-refractivity contribution >= 4 is 11.9 Å². The van der Waals surface area contributed by atoms with Crippen LogP contribution in [-0.2, 0) is 11.2 Å². The second-order valence-electron chi connectivity index (χ2n) is 6.12. The Labute approximate surface area is 142 Å². The van der Waals surface area contributed by atoms with Gasteiger partial charge in [0.05, 0.1) is 0 Å². The summed E-state index contributed by atoms with van der Waals surface area (Å²) in [5, 5.41) is 0. The Hall–Kier alpha value is -1.63. The minimum Gasteiger partial charge on any atom is -0.303 e. The summed E-state index contributed by atoms with van der Waals surface area (Å²) in [5.41, 5.74) is 3.82. The largest absolute Gasteiger partial charge is 0.303 e. The maximum absolute atomic E-state index is 10.4. The minimum absolute atomic E-state index is 0.480. The van der Waals surface area contributed by atoms with Gasteiger partial charge in [-0.15, -0.1) is 0 Å². The molecule has 1 nitrogen and oxygen atoms in total. The van der Waals surface area contributed by atoms with Crippen LogP contribution < -0.4 is 0 Å². The fourth-order valence-electron chi connectivity index (χ4n) is 2.76. The van der Waals surface area contributed by atoms with E-state index in [2.05, 4.69) is 37.3 Å². The number of aryl methyl sites for hydroxylation is 1. The summed E-state index contributed by atoms with van der Waals surface area (Å²) in [4.78, 5) is 10.4. The molecule has 1 aromatic carbocycles. The van der Waals surface area contributed by atoms with Crippen molar-refractivity contribution in [2.75, 3.05) is 0 Å². The predicted octanol–water partition coefficient (Wildman–Crippen LogP) is 6.53. The fourth-order valence-corrected chi connectivity index (χ4v) is 2.76. The van der Waals surface area contributed by atoms with E-state index >= 15 is 0 Å². The van der Waals surface area contributed by atoms with E-state index in [4.69, 9.17) is 0 Å². The van der Waals surface area contributed by atoms with Crippen molar-refractivity contribution in [1.82, 2.24) is 0 Å². The van der Waals surface area contributed by atoms with Gasteiger partial charge in [0.15, 0.2) is 0 Å². The van der Waals surface area contributed by atoms with Crippen molar-refractivity contribution in [3.63, 3.8) is 0 Å². The number of aldehydes is 1. The van der Waals surface area contributed by atoms with Gasteiger partial charge in [0, 0.05) is 6.42 Å². The van der Waals surface area contributed by atoms with Crippen molar-refractivity contribution in [2.45, 2.75) is 71.6 Å². The lowest BCUT2D eigenvalue weighted by Crippen LogP contribution is -1.88. The molecule has 0 N–H and O–H groups in total. The van der Waals surface area contributed by atoms with Crippen molar-refractivity contribution in [1.29, 1.82) is 0 Å². The summed E-state index contributed by atoms with van der Waals surface area (Å²) in [6.45, 7) is 4.30. The van der Waals surface area contributed by atoms with E-state index in [9.17, 15) is 4.79 Å². The van der Waals surface area contributed by atoms with E-state index in [0.29, 0.717) is 6.42 Å². The van der Waals surface area contributed by atoms with Gasteiger partial charge in [-0.1, -0.05) is 87.9 Å². The molecule has 1 rings (SSSR count). The SMILES string of the molecule is C/C=C(\C=C/CC=O)c1ccc(CCCCCCCCC)cc1. The zero-order valence-corrected chi connectivity index (χ0v) is 14.9. The Kier molecular flexibility index (Phi) is 10.9. The second kappa shape index (κ2) is 12.9. The third-order valence-electron chi connectivity index (χ3n) is 4.20. The zero-order valence-electron chi connectivity index (χ0n) is 14.9. The van der Waals surface area contributed by atoms with E-state index in [1.165, 1.54) is 68.1 Å². The molecule has 0 spiro atoms. The zero-order chi connectivity index (χ0) is 16.8. The van der Waals surface area contributed by atoms with Gasteiger partial charge in [0.25, 0.3) is 0 Å². The molecule has 0 fully saturated rings. The highest BCUT2D eigenvalue weighted by molar-refractivity contribution is 5.74. The highest BCUT2D eigenvalue weighted by Crippen LogP contribution is 2.18. The lowest BCUT2D eigenvalue weighted by Gasteiger charge is -2.06. The van der Waals surface area contributed by atoms with Crippen LogP contribution in [-0.4, -0.2) is 6.29 Å². The van der Waals surface area contributed by atoms with Crippen LogP contribution in [0.2, 0.25) is 0 Å². The molecule has 0 aliphatic heterocycles. The standard InChI is InChI=1S/C22H32O/c1-3-5-6-7-8-9-10-13-20-15-17-22(18-16-20)21(4-2)14-11-12-19-23/h4,11,14-19H,3,5-10,12-13H2,1-2H3/b14-11-,21-4+. The van der Waals surface area contributed by atoms with Crippen LogP contribution in [0.1, 0.15) is 76.3 Å². The van der Waals surface area contributed by atoms with Crippen molar-refractivity contribution in [2.24, 2.45) is 0 Å².